The number of benzene rings is 2. The third kappa shape index (κ3) is 7.28. The molecule has 2 N–H and O–H groups in total. The molecule has 9 nitrogen and oxygen atoms in total. The predicted molar refractivity (Wildman–Crippen MR) is 127 cm³/mol. The van der Waals surface area contributed by atoms with E-state index in [0.717, 1.165) is 5.56 Å². The lowest BCUT2D eigenvalue weighted by molar-refractivity contribution is -0.134. The number of carbonyl (C=O) groups is 2. The fourth-order valence-electron chi connectivity index (χ4n) is 3.57. The summed E-state index contributed by atoms with van der Waals surface area (Å²) in [5.41, 5.74) is 1.05. The van der Waals surface area contributed by atoms with Gasteiger partial charge in [0.2, 0.25) is 21.8 Å². The van der Waals surface area contributed by atoms with Crippen LogP contribution in [0.5, 0.6) is 5.75 Å². The lowest BCUT2D eigenvalue weighted by Crippen LogP contribution is -2.50. The molecule has 34 heavy (non-hydrogen) atoms. The first-order valence-corrected chi connectivity index (χ1v) is 12.7. The molecule has 2 aromatic rings. The number of aliphatic hydroxyl groups is 1. The van der Waals surface area contributed by atoms with Crippen LogP contribution >= 0.6 is 0 Å². The van der Waals surface area contributed by atoms with E-state index in [1.54, 1.807) is 41.3 Å². The minimum atomic E-state index is -3.58. The first-order valence-electron chi connectivity index (χ1n) is 11.2. The number of aliphatic hydroxyl groups excluding tert-OH is 1. The highest BCUT2D eigenvalue weighted by atomic mass is 32.2. The zero-order valence-electron chi connectivity index (χ0n) is 19.2. The zero-order chi connectivity index (χ0) is 24.6. The van der Waals surface area contributed by atoms with E-state index in [0.29, 0.717) is 5.75 Å². The Balaban J connectivity index is 1.34. The van der Waals surface area contributed by atoms with Crippen molar-refractivity contribution < 1.29 is 27.9 Å². The number of piperazine rings is 1. The molecule has 10 heteroatoms. The van der Waals surface area contributed by atoms with E-state index in [9.17, 15) is 23.1 Å². The number of amides is 2. The van der Waals surface area contributed by atoms with Gasteiger partial charge in [0.1, 0.15) is 18.5 Å². The van der Waals surface area contributed by atoms with Crippen LogP contribution in [-0.2, 0) is 19.6 Å². The van der Waals surface area contributed by atoms with E-state index < -0.39 is 16.1 Å². The molecule has 1 fully saturated rings. The van der Waals surface area contributed by atoms with E-state index in [1.165, 1.54) is 4.31 Å². The van der Waals surface area contributed by atoms with Crippen LogP contribution in [-0.4, -0.2) is 80.0 Å². The first-order chi connectivity index (χ1) is 16.3. The van der Waals surface area contributed by atoms with Crippen LogP contribution in [0.4, 0.5) is 0 Å². The normalized spacial score (nSPS) is 15.5. The van der Waals surface area contributed by atoms with Gasteiger partial charge in [-0.05, 0) is 36.8 Å². The Hall–Kier alpha value is -2.95. The van der Waals surface area contributed by atoms with Crippen molar-refractivity contribution in [1.82, 2.24) is 14.5 Å². The molecule has 0 saturated carbocycles. The third-order valence-corrected chi connectivity index (χ3v) is 7.42. The van der Waals surface area contributed by atoms with Crippen molar-refractivity contribution in [1.29, 1.82) is 0 Å². The first kappa shape index (κ1) is 25.7. The standard InChI is InChI=1S/C24H31N3O6S/c1-19-6-5-7-21(16-19)33-18-20(28)17-25-23(29)10-11-24(30)26-12-14-27(15-13-26)34(31,32)22-8-3-2-4-9-22/h2-9,16,20,28H,10-15,17-18H2,1H3,(H,25,29). The third-order valence-electron chi connectivity index (χ3n) is 5.51. The van der Waals surface area contributed by atoms with Gasteiger partial charge in [-0.3, -0.25) is 9.59 Å². The number of hydrogen-bond donors (Lipinski definition) is 2. The Morgan fingerprint density at radius 2 is 1.74 bits per heavy atom. The average molecular weight is 490 g/mol. The smallest absolute Gasteiger partial charge is 0.243 e. The summed E-state index contributed by atoms with van der Waals surface area (Å²) in [6.45, 7) is 2.98. The lowest BCUT2D eigenvalue weighted by Gasteiger charge is -2.34. The summed E-state index contributed by atoms with van der Waals surface area (Å²) >= 11 is 0. The van der Waals surface area contributed by atoms with E-state index >= 15 is 0 Å². The van der Waals surface area contributed by atoms with Gasteiger partial charge in [-0.25, -0.2) is 8.42 Å². The molecule has 1 saturated heterocycles. The second-order valence-electron chi connectivity index (χ2n) is 8.18. The van der Waals surface area contributed by atoms with Crippen molar-refractivity contribution in [3.63, 3.8) is 0 Å². The van der Waals surface area contributed by atoms with Crippen molar-refractivity contribution in [3.05, 3.63) is 60.2 Å². The van der Waals surface area contributed by atoms with Gasteiger partial charge in [0.15, 0.2) is 0 Å². The zero-order valence-corrected chi connectivity index (χ0v) is 20.0. The molecule has 0 spiro atoms. The van der Waals surface area contributed by atoms with Crippen molar-refractivity contribution in [2.75, 3.05) is 39.3 Å². The van der Waals surface area contributed by atoms with Gasteiger partial charge in [-0.2, -0.15) is 4.31 Å². The number of ether oxygens (including phenoxy) is 1. The summed E-state index contributed by atoms with van der Waals surface area (Å²) in [6, 6.07) is 15.7. The maximum Gasteiger partial charge on any atom is 0.243 e. The molecule has 1 atom stereocenters. The van der Waals surface area contributed by atoms with E-state index in [-0.39, 0.29) is 68.9 Å². The summed E-state index contributed by atoms with van der Waals surface area (Å²) in [7, 11) is -3.58. The number of sulfonamides is 1. The molecule has 184 valence electrons. The highest BCUT2D eigenvalue weighted by molar-refractivity contribution is 7.89. The van der Waals surface area contributed by atoms with Crippen molar-refractivity contribution in [2.45, 2.75) is 30.8 Å². The van der Waals surface area contributed by atoms with Crippen LogP contribution < -0.4 is 10.1 Å². The number of carbonyl (C=O) groups excluding carboxylic acids is 2. The van der Waals surface area contributed by atoms with Gasteiger partial charge < -0.3 is 20.1 Å². The van der Waals surface area contributed by atoms with Gasteiger partial charge in [0.05, 0.1) is 4.90 Å². The Kier molecular flexibility index (Phi) is 9.03. The van der Waals surface area contributed by atoms with Crippen molar-refractivity contribution in [2.24, 2.45) is 0 Å². The summed E-state index contributed by atoms with van der Waals surface area (Å²) in [5.74, 6) is 0.108. The maximum atomic E-state index is 12.7. The molecule has 1 unspecified atom stereocenters. The average Bonchev–Trinajstić information content (AvgIpc) is 2.85. The van der Waals surface area contributed by atoms with Crippen LogP contribution in [0.3, 0.4) is 0 Å². The monoisotopic (exact) mass is 489 g/mol. The molecule has 0 bridgehead atoms. The minimum Gasteiger partial charge on any atom is -0.491 e. The molecule has 1 heterocycles. The molecule has 0 radical (unpaired) electrons. The molecule has 2 aromatic carbocycles. The summed E-state index contributed by atoms with van der Waals surface area (Å²) < 4.78 is 32.3. The second kappa shape index (κ2) is 12.0. The molecular formula is C24H31N3O6S. The van der Waals surface area contributed by atoms with Crippen LogP contribution in [0.1, 0.15) is 18.4 Å². The topological polar surface area (TPSA) is 116 Å². The molecular weight excluding hydrogens is 458 g/mol. The molecule has 3 rings (SSSR count). The number of nitrogens with one attached hydrogen (secondary N) is 1. The molecule has 0 aliphatic carbocycles. The quantitative estimate of drug-likeness (QED) is 0.518. The largest absolute Gasteiger partial charge is 0.491 e. The Morgan fingerprint density at radius 3 is 2.41 bits per heavy atom. The molecule has 2 amide bonds. The lowest BCUT2D eigenvalue weighted by atomic mass is 10.2. The summed E-state index contributed by atoms with van der Waals surface area (Å²) in [6.07, 6.45) is -0.861. The van der Waals surface area contributed by atoms with Gasteiger partial charge in [-0.1, -0.05) is 30.3 Å². The fraction of sp³-hybridized carbons (Fsp3) is 0.417. The molecule has 0 aromatic heterocycles. The fourth-order valence-corrected chi connectivity index (χ4v) is 5.02. The number of hydrogen-bond acceptors (Lipinski definition) is 6. The predicted octanol–water partition coefficient (Wildman–Crippen LogP) is 1.16. The van der Waals surface area contributed by atoms with Crippen LogP contribution in [0.2, 0.25) is 0 Å². The summed E-state index contributed by atoms with van der Waals surface area (Å²) in [4.78, 5) is 26.3. The molecule has 1 aliphatic heterocycles. The SMILES string of the molecule is Cc1cccc(OCC(O)CNC(=O)CCC(=O)N2CCN(S(=O)(=O)c3ccccc3)CC2)c1. The number of aryl methyl sites for hydroxylation is 1. The Morgan fingerprint density at radius 1 is 1.03 bits per heavy atom. The Labute approximate surface area is 200 Å². The maximum absolute atomic E-state index is 12.7. The van der Waals surface area contributed by atoms with Crippen LogP contribution in [0.25, 0.3) is 0 Å². The highest BCUT2D eigenvalue weighted by Crippen LogP contribution is 2.17. The van der Waals surface area contributed by atoms with E-state index in [1.807, 2.05) is 25.1 Å². The van der Waals surface area contributed by atoms with Gasteiger partial charge >= 0.3 is 0 Å². The second-order valence-corrected chi connectivity index (χ2v) is 10.1. The van der Waals surface area contributed by atoms with Gasteiger partial charge in [0.25, 0.3) is 0 Å². The molecule has 1 aliphatic rings. The highest BCUT2D eigenvalue weighted by Gasteiger charge is 2.30. The number of nitrogens with zero attached hydrogens (tertiary/aromatic N) is 2. The van der Waals surface area contributed by atoms with E-state index in [4.69, 9.17) is 4.74 Å². The van der Waals surface area contributed by atoms with Crippen molar-refractivity contribution >= 4 is 21.8 Å². The van der Waals surface area contributed by atoms with Crippen molar-refractivity contribution in [3.8, 4) is 5.75 Å². The Bertz CT molecular complexity index is 1070. The summed E-state index contributed by atoms with van der Waals surface area (Å²) in [5, 5.41) is 12.6. The van der Waals surface area contributed by atoms with Gasteiger partial charge in [0, 0.05) is 45.6 Å². The van der Waals surface area contributed by atoms with E-state index in [2.05, 4.69) is 5.32 Å². The minimum absolute atomic E-state index is 0.00712. The van der Waals surface area contributed by atoms with Gasteiger partial charge in [-0.15, -0.1) is 0 Å². The number of rotatable bonds is 10. The van der Waals surface area contributed by atoms with Crippen LogP contribution in [0, 0.1) is 6.92 Å². The van der Waals surface area contributed by atoms with Crippen LogP contribution in [0.15, 0.2) is 59.5 Å².